The number of amides is 2. The Hall–Kier alpha value is -0.950. The summed E-state index contributed by atoms with van der Waals surface area (Å²) in [6.45, 7) is 8.88. The number of carbonyl (C=O) groups excluding carboxylic acids is 1. The van der Waals surface area contributed by atoms with Gasteiger partial charge in [-0.05, 0) is 38.1 Å². The van der Waals surface area contributed by atoms with Gasteiger partial charge in [-0.3, -0.25) is 4.90 Å². The van der Waals surface area contributed by atoms with E-state index in [1.54, 1.807) is 11.8 Å². The van der Waals surface area contributed by atoms with Crippen molar-refractivity contribution in [3.8, 4) is 0 Å². The standard InChI is InChI=1S/C17H26ClN3O2S/c1-17(2,21-8-10-23-11-9-21)13-20-16(22)19-7-12-24-15-5-3-14(18)4-6-15/h3-6H,7-13H2,1-2H3,(H2,19,20,22). The SMILES string of the molecule is CC(C)(CNC(=O)NCCSc1ccc(Cl)cc1)N1CCOCC1. The highest BCUT2D eigenvalue weighted by atomic mass is 35.5. The van der Waals surface area contributed by atoms with E-state index < -0.39 is 0 Å². The van der Waals surface area contributed by atoms with Crippen LogP contribution in [0.4, 0.5) is 4.79 Å². The van der Waals surface area contributed by atoms with Crippen LogP contribution in [0.25, 0.3) is 0 Å². The van der Waals surface area contributed by atoms with Crippen LogP contribution >= 0.6 is 23.4 Å². The van der Waals surface area contributed by atoms with Crippen molar-refractivity contribution in [2.75, 3.05) is 45.1 Å². The molecule has 1 aliphatic rings. The van der Waals surface area contributed by atoms with E-state index in [1.807, 2.05) is 24.3 Å². The number of hydrogen-bond acceptors (Lipinski definition) is 4. The molecule has 0 atom stereocenters. The number of benzene rings is 1. The molecule has 1 saturated heterocycles. The summed E-state index contributed by atoms with van der Waals surface area (Å²) in [5, 5.41) is 6.60. The third-order valence-corrected chi connectivity index (χ3v) is 5.28. The van der Waals surface area contributed by atoms with Crippen molar-refractivity contribution in [1.29, 1.82) is 0 Å². The molecule has 1 fully saturated rings. The minimum atomic E-state index is -0.118. The van der Waals surface area contributed by atoms with Crippen molar-refractivity contribution in [2.45, 2.75) is 24.3 Å². The first-order valence-electron chi connectivity index (χ1n) is 8.20. The van der Waals surface area contributed by atoms with Crippen molar-refractivity contribution in [1.82, 2.24) is 15.5 Å². The largest absolute Gasteiger partial charge is 0.379 e. The van der Waals surface area contributed by atoms with E-state index in [1.165, 1.54) is 0 Å². The second kappa shape index (κ2) is 9.51. The van der Waals surface area contributed by atoms with Gasteiger partial charge in [-0.1, -0.05) is 11.6 Å². The monoisotopic (exact) mass is 371 g/mol. The van der Waals surface area contributed by atoms with E-state index in [0.29, 0.717) is 13.1 Å². The van der Waals surface area contributed by atoms with Crippen molar-refractivity contribution >= 4 is 29.4 Å². The van der Waals surface area contributed by atoms with Gasteiger partial charge in [0.15, 0.2) is 0 Å². The van der Waals surface area contributed by atoms with Gasteiger partial charge in [0.25, 0.3) is 0 Å². The number of nitrogens with zero attached hydrogens (tertiary/aromatic N) is 1. The zero-order chi connectivity index (χ0) is 17.4. The summed E-state index contributed by atoms with van der Waals surface area (Å²) in [5.41, 5.74) is -0.0703. The minimum Gasteiger partial charge on any atom is -0.379 e. The molecule has 1 aromatic carbocycles. The van der Waals surface area contributed by atoms with Crippen LogP contribution in [0, 0.1) is 0 Å². The lowest BCUT2D eigenvalue weighted by Crippen LogP contribution is -2.56. The molecule has 2 amide bonds. The van der Waals surface area contributed by atoms with E-state index in [0.717, 1.165) is 42.0 Å². The molecule has 0 unspecified atom stereocenters. The molecule has 7 heteroatoms. The van der Waals surface area contributed by atoms with Gasteiger partial charge in [-0.15, -0.1) is 11.8 Å². The summed E-state index contributed by atoms with van der Waals surface area (Å²) in [6.07, 6.45) is 0. The van der Waals surface area contributed by atoms with Crippen LogP contribution in [-0.2, 0) is 4.74 Å². The number of carbonyl (C=O) groups is 1. The summed E-state index contributed by atoms with van der Waals surface area (Å²) in [5.74, 6) is 0.821. The molecule has 0 aliphatic carbocycles. The number of hydrogen-bond donors (Lipinski definition) is 2. The first-order chi connectivity index (χ1) is 11.5. The lowest BCUT2D eigenvalue weighted by Gasteiger charge is -2.40. The summed E-state index contributed by atoms with van der Waals surface area (Å²) in [4.78, 5) is 15.4. The molecule has 1 aromatic rings. The Morgan fingerprint density at radius 1 is 1.25 bits per heavy atom. The molecule has 134 valence electrons. The quantitative estimate of drug-likeness (QED) is 0.571. The van der Waals surface area contributed by atoms with Crippen LogP contribution in [0.1, 0.15) is 13.8 Å². The number of ether oxygens (including phenoxy) is 1. The van der Waals surface area contributed by atoms with Gasteiger partial charge in [0, 0.05) is 47.4 Å². The molecule has 2 rings (SSSR count). The van der Waals surface area contributed by atoms with Gasteiger partial charge in [-0.25, -0.2) is 4.79 Å². The van der Waals surface area contributed by atoms with Crippen LogP contribution in [0.3, 0.4) is 0 Å². The lowest BCUT2D eigenvalue weighted by atomic mass is 10.0. The van der Waals surface area contributed by atoms with Crippen LogP contribution in [0.5, 0.6) is 0 Å². The number of nitrogens with one attached hydrogen (secondary N) is 2. The summed E-state index contributed by atoms with van der Waals surface area (Å²) in [7, 11) is 0. The molecule has 0 spiro atoms. The number of morpholine rings is 1. The van der Waals surface area contributed by atoms with E-state index in [9.17, 15) is 4.79 Å². The molecule has 1 aliphatic heterocycles. The smallest absolute Gasteiger partial charge is 0.314 e. The predicted molar refractivity (Wildman–Crippen MR) is 100 cm³/mol. The maximum Gasteiger partial charge on any atom is 0.314 e. The Morgan fingerprint density at radius 2 is 1.92 bits per heavy atom. The third-order valence-electron chi connectivity index (χ3n) is 4.02. The fourth-order valence-electron chi connectivity index (χ4n) is 2.50. The molecule has 0 saturated carbocycles. The topological polar surface area (TPSA) is 53.6 Å². The predicted octanol–water partition coefficient (Wildman–Crippen LogP) is 2.84. The molecule has 24 heavy (non-hydrogen) atoms. The highest BCUT2D eigenvalue weighted by Gasteiger charge is 2.28. The average Bonchev–Trinajstić information content (AvgIpc) is 2.59. The third kappa shape index (κ3) is 6.51. The zero-order valence-corrected chi connectivity index (χ0v) is 15.9. The van der Waals surface area contributed by atoms with Crippen molar-refractivity contribution in [3.63, 3.8) is 0 Å². The van der Waals surface area contributed by atoms with E-state index >= 15 is 0 Å². The number of thioether (sulfide) groups is 1. The Kier molecular flexibility index (Phi) is 7.68. The van der Waals surface area contributed by atoms with E-state index in [4.69, 9.17) is 16.3 Å². The summed E-state index contributed by atoms with van der Waals surface area (Å²) in [6, 6.07) is 7.60. The highest BCUT2D eigenvalue weighted by Crippen LogP contribution is 2.19. The van der Waals surface area contributed by atoms with E-state index in [-0.39, 0.29) is 11.6 Å². The lowest BCUT2D eigenvalue weighted by molar-refractivity contribution is -0.00874. The van der Waals surface area contributed by atoms with Gasteiger partial charge < -0.3 is 15.4 Å². The first-order valence-corrected chi connectivity index (χ1v) is 9.56. The number of rotatable bonds is 7. The Labute approximate surface area is 153 Å². The summed E-state index contributed by atoms with van der Waals surface area (Å²) < 4.78 is 5.38. The Bertz CT molecular complexity index is 519. The van der Waals surface area contributed by atoms with Crippen LogP contribution < -0.4 is 10.6 Å². The number of urea groups is 1. The molecular weight excluding hydrogens is 346 g/mol. The second-order valence-corrected chi connectivity index (χ2v) is 7.93. The molecular formula is C17H26ClN3O2S. The van der Waals surface area contributed by atoms with Gasteiger partial charge in [0.05, 0.1) is 13.2 Å². The molecule has 5 nitrogen and oxygen atoms in total. The van der Waals surface area contributed by atoms with Gasteiger partial charge in [-0.2, -0.15) is 0 Å². The van der Waals surface area contributed by atoms with Crippen LogP contribution in [0.15, 0.2) is 29.2 Å². The maximum atomic E-state index is 11.9. The molecule has 0 radical (unpaired) electrons. The molecule has 2 N–H and O–H groups in total. The summed E-state index contributed by atoms with van der Waals surface area (Å²) >= 11 is 7.55. The fourth-order valence-corrected chi connectivity index (χ4v) is 3.40. The Balaban J connectivity index is 1.61. The normalized spacial score (nSPS) is 16.0. The zero-order valence-electron chi connectivity index (χ0n) is 14.3. The minimum absolute atomic E-state index is 0.0703. The van der Waals surface area contributed by atoms with E-state index in [2.05, 4.69) is 29.4 Å². The van der Waals surface area contributed by atoms with Crippen molar-refractivity contribution < 1.29 is 9.53 Å². The number of halogens is 1. The fraction of sp³-hybridized carbons (Fsp3) is 0.588. The second-order valence-electron chi connectivity index (χ2n) is 6.32. The first kappa shape index (κ1) is 19.4. The van der Waals surface area contributed by atoms with Crippen molar-refractivity contribution in [2.24, 2.45) is 0 Å². The average molecular weight is 372 g/mol. The van der Waals surface area contributed by atoms with Crippen LogP contribution in [-0.4, -0.2) is 61.6 Å². The maximum absolute atomic E-state index is 11.9. The molecule has 0 bridgehead atoms. The van der Waals surface area contributed by atoms with Crippen molar-refractivity contribution in [3.05, 3.63) is 29.3 Å². The molecule has 0 aromatic heterocycles. The highest BCUT2D eigenvalue weighted by molar-refractivity contribution is 7.99. The van der Waals surface area contributed by atoms with Crippen LogP contribution in [0.2, 0.25) is 5.02 Å². The van der Waals surface area contributed by atoms with Gasteiger partial charge >= 0.3 is 6.03 Å². The Morgan fingerprint density at radius 3 is 2.58 bits per heavy atom. The molecule has 1 heterocycles. The van der Waals surface area contributed by atoms with Gasteiger partial charge in [0.2, 0.25) is 0 Å². The van der Waals surface area contributed by atoms with Gasteiger partial charge in [0.1, 0.15) is 0 Å².